The molecule has 12 nitrogen and oxygen atoms in total. The van der Waals surface area contributed by atoms with Gasteiger partial charge in [0.2, 0.25) is 10.0 Å². The van der Waals surface area contributed by atoms with Crippen LogP contribution in [0.5, 0.6) is 11.5 Å². The molecule has 0 aromatic heterocycles. The Bertz CT molecular complexity index is 1930. The number of carbonyl (C=O) groups excluding carboxylic acids is 2. The number of aliphatic hydroxyl groups excluding tert-OH is 1. The maximum absolute atomic E-state index is 14.3. The van der Waals surface area contributed by atoms with Crippen molar-refractivity contribution in [1.82, 2.24) is 14.5 Å². The summed E-state index contributed by atoms with van der Waals surface area (Å²) >= 11 is 0. The van der Waals surface area contributed by atoms with Crippen LogP contribution in [0.4, 0.5) is 9.59 Å². The fraction of sp³-hybridized carbons (Fsp3) is 0.395. The minimum Gasteiger partial charge on any atom is -0.497 e. The molecule has 1 fully saturated rings. The third kappa shape index (κ3) is 12.7. The van der Waals surface area contributed by atoms with Crippen LogP contribution in [0.25, 0.3) is 0 Å². The summed E-state index contributed by atoms with van der Waals surface area (Å²) in [5.41, 5.74) is 1.90. The Labute approximate surface area is 330 Å². The van der Waals surface area contributed by atoms with E-state index in [0.29, 0.717) is 44.0 Å². The number of aliphatic hydroxyl groups is 1. The summed E-state index contributed by atoms with van der Waals surface area (Å²) < 4.78 is 52.1. The summed E-state index contributed by atoms with van der Waals surface area (Å²) in [7, 11) is -2.64. The van der Waals surface area contributed by atoms with Crippen LogP contribution in [0.2, 0.25) is 0 Å². The zero-order valence-corrected chi connectivity index (χ0v) is 33.3. The predicted octanol–water partition coefficient (Wildman–Crippen LogP) is 6.81. The van der Waals surface area contributed by atoms with Gasteiger partial charge in [-0.25, -0.2) is 18.0 Å². The van der Waals surface area contributed by atoms with Crippen molar-refractivity contribution in [3.63, 3.8) is 0 Å². The summed E-state index contributed by atoms with van der Waals surface area (Å²) in [6, 6.07) is 31.7. The Kier molecular flexibility index (Phi) is 14.8. The zero-order valence-electron chi connectivity index (χ0n) is 32.5. The number of methoxy groups -OCH3 is 1. The number of alkyl carbamates (subject to hydrolysis) is 1. The Morgan fingerprint density at radius 1 is 0.821 bits per heavy atom. The van der Waals surface area contributed by atoms with Crippen molar-refractivity contribution in [2.75, 3.05) is 33.3 Å². The second-order valence-electron chi connectivity index (χ2n) is 14.9. The third-order valence-electron chi connectivity index (χ3n) is 9.42. The molecule has 5 rings (SSSR count). The highest BCUT2D eigenvalue weighted by Gasteiger charge is 2.35. The van der Waals surface area contributed by atoms with Gasteiger partial charge in [0.15, 0.2) is 0 Å². The first kappa shape index (κ1) is 42.0. The van der Waals surface area contributed by atoms with Crippen LogP contribution in [-0.2, 0) is 39.1 Å². The first-order valence-corrected chi connectivity index (χ1v) is 20.3. The van der Waals surface area contributed by atoms with Gasteiger partial charge in [-0.1, -0.05) is 72.8 Å². The topological polar surface area (TPSA) is 144 Å². The van der Waals surface area contributed by atoms with E-state index in [-0.39, 0.29) is 36.9 Å². The minimum atomic E-state index is -4.14. The number of hydrogen-bond donors (Lipinski definition) is 2. The van der Waals surface area contributed by atoms with Gasteiger partial charge >= 0.3 is 12.2 Å². The molecule has 1 aliphatic heterocycles. The Morgan fingerprint density at radius 3 is 1.96 bits per heavy atom. The van der Waals surface area contributed by atoms with E-state index in [0.717, 1.165) is 16.7 Å². The normalized spacial score (nSPS) is 14.8. The highest BCUT2D eigenvalue weighted by atomic mass is 32.2. The van der Waals surface area contributed by atoms with Gasteiger partial charge in [0.25, 0.3) is 0 Å². The molecule has 4 aromatic carbocycles. The molecule has 56 heavy (non-hydrogen) atoms. The minimum absolute atomic E-state index is 0.0372. The first-order chi connectivity index (χ1) is 26.8. The number of sulfonamides is 1. The number of amides is 2. The van der Waals surface area contributed by atoms with Crippen LogP contribution in [0.15, 0.2) is 114 Å². The number of likely N-dealkylation sites (tertiary alicyclic amines) is 1. The molecule has 1 aliphatic rings. The van der Waals surface area contributed by atoms with Crippen molar-refractivity contribution in [2.45, 2.75) is 75.9 Å². The van der Waals surface area contributed by atoms with E-state index < -0.39 is 40.0 Å². The van der Waals surface area contributed by atoms with Gasteiger partial charge in [-0.3, -0.25) is 0 Å². The van der Waals surface area contributed by atoms with Gasteiger partial charge in [0.1, 0.15) is 30.3 Å². The van der Waals surface area contributed by atoms with Crippen LogP contribution in [0, 0.1) is 5.92 Å². The molecule has 0 spiro atoms. The molecule has 4 aromatic rings. The lowest BCUT2D eigenvalue weighted by Crippen LogP contribution is -2.52. The smallest absolute Gasteiger partial charge is 0.410 e. The molecule has 2 atom stereocenters. The average Bonchev–Trinajstić information content (AvgIpc) is 3.19. The number of nitrogens with zero attached hydrogens (tertiary/aromatic N) is 2. The highest BCUT2D eigenvalue weighted by Crippen LogP contribution is 2.26. The van der Waals surface area contributed by atoms with Crippen LogP contribution < -0.4 is 14.8 Å². The van der Waals surface area contributed by atoms with E-state index in [2.05, 4.69) is 5.32 Å². The summed E-state index contributed by atoms with van der Waals surface area (Å²) in [5, 5.41) is 14.7. The second kappa shape index (κ2) is 19.7. The molecule has 2 amide bonds. The zero-order chi connectivity index (χ0) is 40.1. The largest absolute Gasteiger partial charge is 0.497 e. The van der Waals surface area contributed by atoms with Gasteiger partial charge in [-0.15, -0.1) is 0 Å². The molecule has 1 saturated heterocycles. The molecular formula is C43H53N3O9S. The van der Waals surface area contributed by atoms with E-state index in [9.17, 15) is 23.1 Å². The standard InChI is InChI=1S/C43H53N3O9S/c1-43(2,3)55-41(48)44-39(27-32-15-17-37(18-16-32)53-30-34-11-7-5-8-12-34)40(47)29-46(56(50,51)38-21-19-36(52-4)20-22-38)28-33-23-25-45(26-24-33)42(49)54-31-35-13-9-6-10-14-35/h5-22,33,39-40,47H,23-31H2,1-4H3,(H,44,48)/t39-,40-/m1/s1. The molecule has 300 valence electrons. The van der Waals surface area contributed by atoms with Crippen LogP contribution in [0.3, 0.4) is 0 Å². The van der Waals surface area contributed by atoms with E-state index in [1.165, 1.54) is 23.5 Å². The number of hydrogen-bond acceptors (Lipinski definition) is 9. The van der Waals surface area contributed by atoms with Crippen molar-refractivity contribution < 1.29 is 42.1 Å². The number of benzene rings is 4. The lowest BCUT2D eigenvalue weighted by molar-refractivity contribution is 0.0392. The number of carbonyl (C=O) groups is 2. The van der Waals surface area contributed by atoms with Gasteiger partial charge < -0.3 is 34.3 Å². The van der Waals surface area contributed by atoms with Crippen molar-refractivity contribution >= 4 is 22.2 Å². The fourth-order valence-electron chi connectivity index (χ4n) is 6.36. The quantitative estimate of drug-likeness (QED) is 0.125. The molecule has 0 unspecified atom stereocenters. The average molecular weight is 788 g/mol. The van der Waals surface area contributed by atoms with Crippen LogP contribution in [0.1, 0.15) is 50.3 Å². The van der Waals surface area contributed by atoms with Crippen molar-refractivity contribution in [2.24, 2.45) is 5.92 Å². The van der Waals surface area contributed by atoms with E-state index >= 15 is 0 Å². The molecule has 0 saturated carbocycles. The first-order valence-electron chi connectivity index (χ1n) is 18.8. The SMILES string of the molecule is COc1ccc(S(=O)(=O)N(CC2CCN(C(=O)OCc3ccccc3)CC2)C[C@@H](O)[C@@H](Cc2ccc(OCc3ccccc3)cc2)NC(=O)OC(C)(C)C)cc1. The molecule has 0 bridgehead atoms. The van der Waals surface area contributed by atoms with E-state index in [1.54, 1.807) is 37.8 Å². The second-order valence-corrected chi connectivity index (χ2v) is 16.8. The molecule has 13 heteroatoms. The van der Waals surface area contributed by atoms with Gasteiger partial charge in [-0.2, -0.15) is 4.31 Å². The highest BCUT2D eigenvalue weighted by molar-refractivity contribution is 7.89. The van der Waals surface area contributed by atoms with Crippen LogP contribution >= 0.6 is 0 Å². The number of rotatable bonds is 16. The van der Waals surface area contributed by atoms with Crippen LogP contribution in [-0.4, -0.2) is 86.0 Å². The maximum atomic E-state index is 14.3. The molecular weight excluding hydrogens is 735 g/mol. The molecule has 0 aliphatic carbocycles. The Balaban J connectivity index is 1.31. The van der Waals surface area contributed by atoms with E-state index in [4.69, 9.17) is 18.9 Å². The van der Waals surface area contributed by atoms with Gasteiger partial charge in [0.05, 0.1) is 24.2 Å². The lowest BCUT2D eigenvalue weighted by Gasteiger charge is -2.35. The third-order valence-corrected chi connectivity index (χ3v) is 11.3. The number of nitrogens with one attached hydrogen (secondary N) is 1. The monoisotopic (exact) mass is 787 g/mol. The summed E-state index contributed by atoms with van der Waals surface area (Å²) in [4.78, 5) is 27.6. The molecule has 2 N–H and O–H groups in total. The molecule has 1 heterocycles. The summed E-state index contributed by atoms with van der Waals surface area (Å²) in [6.45, 7) is 6.35. The van der Waals surface area contributed by atoms with Crippen molar-refractivity contribution in [3.05, 3.63) is 126 Å². The molecule has 0 radical (unpaired) electrons. The Morgan fingerprint density at radius 2 is 1.39 bits per heavy atom. The maximum Gasteiger partial charge on any atom is 0.410 e. The fourth-order valence-corrected chi connectivity index (χ4v) is 7.89. The lowest BCUT2D eigenvalue weighted by atomic mass is 9.96. The summed E-state index contributed by atoms with van der Waals surface area (Å²) in [6.07, 6.45) is -1.25. The van der Waals surface area contributed by atoms with Gasteiger partial charge in [0, 0.05) is 26.2 Å². The summed E-state index contributed by atoms with van der Waals surface area (Å²) in [5.74, 6) is 1.04. The van der Waals surface area contributed by atoms with Gasteiger partial charge in [-0.05, 0) is 99.0 Å². The van der Waals surface area contributed by atoms with Crippen molar-refractivity contribution in [3.8, 4) is 11.5 Å². The predicted molar refractivity (Wildman–Crippen MR) is 213 cm³/mol. The van der Waals surface area contributed by atoms with Crippen molar-refractivity contribution in [1.29, 1.82) is 0 Å². The van der Waals surface area contributed by atoms with E-state index in [1.807, 2.05) is 84.9 Å². The number of piperidine rings is 1. The number of ether oxygens (including phenoxy) is 4. The Hall–Kier alpha value is -5.11.